The third kappa shape index (κ3) is 2.22. The van der Waals surface area contributed by atoms with Crippen LogP contribution in [0.25, 0.3) is 0 Å². The van der Waals surface area contributed by atoms with E-state index in [-0.39, 0.29) is 0 Å². The van der Waals surface area contributed by atoms with E-state index in [9.17, 15) is 0 Å². The van der Waals surface area contributed by atoms with Crippen molar-refractivity contribution in [3.8, 4) is 17.2 Å². The molecule has 0 unspecified atom stereocenters. The molecule has 0 heterocycles. The Morgan fingerprint density at radius 2 is 1.69 bits per heavy atom. The maximum atomic E-state index is 5.59. The zero-order chi connectivity index (χ0) is 12.1. The Hall–Kier alpha value is -1.42. The van der Waals surface area contributed by atoms with E-state index in [1.165, 1.54) is 0 Å². The molecule has 0 aliphatic carbocycles. The average Bonchev–Trinajstić information content (AvgIpc) is 2.30. The van der Waals surface area contributed by atoms with Crippen LogP contribution < -0.4 is 19.9 Å². The molecule has 0 amide bonds. The number of hydrogen-bond donors (Lipinski definition) is 1. The second-order valence-electron chi connectivity index (χ2n) is 3.48. The molecule has 0 bridgehead atoms. The summed E-state index contributed by atoms with van der Waals surface area (Å²) in [6, 6.07) is 1.94. The highest BCUT2D eigenvalue weighted by Crippen LogP contribution is 2.41. The Morgan fingerprint density at radius 1 is 1.06 bits per heavy atom. The number of aryl methyl sites for hydroxylation is 1. The Bertz CT molecular complexity index is 364. The highest BCUT2D eigenvalue weighted by molar-refractivity contribution is 5.59. The van der Waals surface area contributed by atoms with Crippen LogP contribution in [0, 0.1) is 6.92 Å². The average molecular weight is 225 g/mol. The summed E-state index contributed by atoms with van der Waals surface area (Å²) in [5.74, 6) is 2.02. The summed E-state index contributed by atoms with van der Waals surface area (Å²) < 4.78 is 15.9. The van der Waals surface area contributed by atoms with Crippen LogP contribution in [-0.2, 0) is 6.42 Å². The molecule has 0 saturated carbocycles. The minimum Gasteiger partial charge on any atom is -0.493 e. The summed E-state index contributed by atoms with van der Waals surface area (Å²) in [5, 5.41) is 0. The molecule has 0 aliphatic heterocycles. The predicted molar refractivity (Wildman–Crippen MR) is 63.6 cm³/mol. The van der Waals surface area contributed by atoms with E-state index in [4.69, 9.17) is 19.9 Å². The number of benzene rings is 1. The van der Waals surface area contributed by atoms with Gasteiger partial charge in [0.2, 0.25) is 5.75 Å². The Morgan fingerprint density at radius 3 is 2.12 bits per heavy atom. The zero-order valence-corrected chi connectivity index (χ0v) is 10.3. The van der Waals surface area contributed by atoms with Crippen molar-refractivity contribution < 1.29 is 14.2 Å². The lowest BCUT2D eigenvalue weighted by Gasteiger charge is -2.17. The van der Waals surface area contributed by atoms with Crippen molar-refractivity contribution in [3.63, 3.8) is 0 Å². The van der Waals surface area contributed by atoms with Gasteiger partial charge in [0.15, 0.2) is 11.5 Å². The molecule has 1 aromatic rings. The van der Waals surface area contributed by atoms with Crippen LogP contribution in [0.4, 0.5) is 0 Å². The van der Waals surface area contributed by atoms with Gasteiger partial charge in [-0.05, 0) is 31.5 Å². The van der Waals surface area contributed by atoms with E-state index in [1.54, 1.807) is 21.3 Å². The number of ether oxygens (including phenoxy) is 3. The molecule has 0 saturated heterocycles. The minimum absolute atomic E-state index is 0.576. The zero-order valence-electron chi connectivity index (χ0n) is 10.3. The number of methoxy groups -OCH3 is 3. The molecule has 4 nitrogen and oxygen atoms in total. The fourth-order valence-corrected chi connectivity index (χ4v) is 1.79. The molecule has 1 rings (SSSR count). The van der Waals surface area contributed by atoms with Crippen molar-refractivity contribution in [3.05, 3.63) is 17.2 Å². The largest absolute Gasteiger partial charge is 0.493 e. The normalized spacial score (nSPS) is 10.1. The van der Waals surface area contributed by atoms with Crippen LogP contribution >= 0.6 is 0 Å². The first-order valence-electron chi connectivity index (χ1n) is 5.18. The van der Waals surface area contributed by atoms with Crippen molar-refractivity contribution in [2.24, 2.45) is 5.73 Å². The summed E-state index contributed by atoms with van der Waals surface area (Å²) >= 11 is 0. The molecule has 16 heavy (non-hydrogen) atoms. The van der Waals surface area contributed by atoms with Gasteiger partial charge in [0, 0.05) is 5.56 Å². The highest BCUT2D eigenvalue weighted by atomic mass is 16.5. The fourth-order valence-electron chi connectivity index (χ4n) is 1.79. The van der Waals surface area contributed by atoms with Crippen LogP contribution in [0.2, 0.25) is 0 Å². The lowest BCUT2D eigenvalue weighted by Crippen LogP contribution is -2.07. The second-order valence-corrected chi connectivity index (χ2v) is 3.48. The summed E-state index contributed by atoms with van der Waals surface area (Å²) in [6.07, 6.45) is 0.759. The monoisotopic (exact) mass is 225 g/mol. The summed E-state index contributed by atoms with van der Waals surface area (Å²) in [7, 11) is 4.83. The smallest absolute Gasteiger partial charge is 0.203 e. The SMILES string of the molecule is COc1cc(C)c(CCN)c(OC)c1OC. The molecular weight excluding hydrogens is 206 g/mol. The number of hydrogen-bond acceptors (Lipinski definition) is 4. The molecule has 1 aromatic carbocycles. The summed E-state index contributed by atoms with van der Waals surface area (Å²) in [4.78, 5) is 0. The first kappa shape index (κ1) is 12.6. The van der Waals surface area contributed by atoms with Crippen molar-refractivity contribution in [2.45, 2.75) is 13.3 Å². The molecule has 0 radical (unpaired) electrons. The van der Waals surface area contributed by atoms with E-state index in [1.807, 2.05) is 13.0 Å². The van der Waals surface area contributed by atoms with Gasteiger partial charge in [0.1, 0.15) is 0 Å². The van der Waals surface area contributed by atoms with Crippen molar-refractivity contribution in [1.82, 2.24) is 0 Å². The van der Waals surface area contributed by atoms with Crippen molar-refractivity contribution in [1.29, 1.82) is 0 Å². The van der Waals surface area contributed by atoms with Crippen molar-refractivity contribution in [2.75, 3.05) is 27.9 Å². The van der Waals surface area contributed by atoms with Gasteiger partial charge in [-0.15, -0.1) is 0 Å². The minimum atomic E-state index is 0.576. The van der Waals surface area contributed by atoms with Crippen LogP contribution in [-0.4, -0.2) is 27.9 Å². The molecule has 0 aromatic heterocycles. The van der Waals surface area contributed by atoms with Crippen LogP contribution in [0.3, 0.4) is 0 Å². The standard InChI is InChI=1S/C12H19NO3/c1-8-7-10(14-2)12(16-4)11(15-3)9(8)5-6-13/h7H,5-6,13H2,1-4H3. The molecular formula is C12H19NO3. The van der Waals surface area contributed by atoms with Gasteiger partial charge >= 0.3 is 0 Å². The van der Waals surface area contributed by atoms with Crippen LogP contribution in [0.1, 0.15) is 11.1 Å². The van der Waals surface area contributed by atoms with E-state index in [0.717, 1.165) is 17.5 Å². The maximum Gasteiger partial charge on any atom is 0.203 e. The fraction of sp³-hybridized carbons (Fsp3) is 0.500. The van der Waals surface area contributed by atoms with E-state index >= 15 is 0 Å². The Labute approximate surface area is 96.3 Å². The van der Waals surface area contributed by atoms with Gasteiger partial charge in [-0.3, -0.25) is 0 Å². The topological polar surface area (TPSA) is 53.7 Å². The maximum absolute atomic E-state index is 5.59. The molecule has 0 fully saturated rings. The van der Waals surface area contributed by atoms with Gasteiger partial charge in [-0.1, -0.05) is 0 Å². The first-order valence-corrected chi connectivity index (χ1v) is 5.18. The van der Waals surface area contributed by atoms with Crippen LogP contribution in [0.5, 0.6) is 17.2 Å². The van der Waals surface area contributed by atoms with Gasteiger partial charge in [0.05, 0.1) is 21.3 Å². The second kappa shape index (κ2) is 5.61. The van der Waals surface area contributed by atoms with E-state index in [0.29, 0.717) is 23.8 Å². The molecule has 0 spiro atoms. The summed E-state index contributed by atoms with van der Waals surface area (Å²) in [5.41, 5.74) is 7.76. The van der Waals surface area contributed by atoms with Gasteiger partial charge in [-0.25, -0.2) is 0 Å². The number of nitrogens with two attached hydrogens (primary N) is 1. The predicted octanol–water partition coefficient (Wildman–Crippen LogP) is 1.52. The first-order chi connectivity index (χ1) is 7.69. The molecule has 4 heteroatoms. The summed E-state index contributed by atoms with van der Waals surface area (Å²) in [6.45, 7) is 2.59. The quantitative estimate of drug-likeness (QED) is 0.825. The molecule has 0 atom stereocenters. The van der Waals surface area contributed by atoms with E-state index < -0.39 is 0 Å². The molecule has 0 aliphatic rings. The molecule has 90 valence electrons. The van der Waals surface area contributed by atoms with Gasteiger partial charge in [-0.2, -0.15) is 0 Å². The van der Waals surface area contributed by atoms with Gasteiger partial charge in [0.25, 0.3) is 0 Å². The Balaban J connectivity index is 3.38. The highest BCUT2D eigenvalue weighted by Gasteiger charge is 2.17. The Kier molecular flexibility index (Phi) is 4.43. The van der Waals surface area contributed by atoms with Crippen LogP contribution in [0.15, 0.2) is 6.07 Å². The third-order valence-electron chi connectivity index (χ3n) is 2.55. The molecule has 2 N–H and O–H groups in total. The third-order valence-corrected chi connectivity index (χ3v) is 2.55. The van der Waals surface area contributed by atoms with Gasteiger partial charge < -0.3 is 19.9 Å². The van der Waals surface area contributed by atoms with E-state index in [2.05, 4.69) is 0 Å². The number of rotatable bonds is 5. The lowest BCUT2D eigenvalue weighted by atomic mass is 10.0. The van der Waals surface area contributed by atoms with Crippen molar-refractivity contribution >= 4 is 0 Å². The lowest BCUT2D eigenvalue weighted by molar-refractivity contribution is 0.321.